The van der Waals surface area contributed by atoms with E-state index in [9.17, 15) is 0 Å². The van der Waals surface area contributed by atoms with E-state index in [1.807, 2.05) is 18.3 Å². The van der Waals surface area contributed by atoms with Crippen LogP contribution in [0.1, 0.15) is 33.3 Å². The highest BCUT2D eigenvalue weighted by molar-refractivity contribution is 6.62. The molecular formula is C20H23BN2O2. The maximum Gasteiger partial charge on any atom is 0.496 e. The van der Waals surface area contributed by atoms with Gasteiger partial charge in [-0.2, -0.15) is 0 Å². The van der Waals surface area contributed by atoms with Crippen molar-refractivity contribution in [2.24, 2.45) is 0 Å². The lowest BCUT2D eigenvalue weighted by Crippen LogP contribution is -2.41. The lowest BCUT2D eigenvalue weighted by atomic mass is 9.80. The molecule has 2 aromatic heterocycles. The number of pyridine rings is 1. The number of hydrogen-bond donors (Lipinski definition) is 0. The molecule has 0 unspecified atom stereocenters. The first-order valence-corrected chi connectivity index (χ1v) is 8.66. The molecule has 1 aromatic carbocycles. The van der Waals surface area contributed by atoms with Gasteiger partial charge in [-0.3, -0.25) is 0 Å². The van der Waals surface area contributed by atoms with Crippen LogP contribution in [0.15, 0.2) is 48.8 Å². The highest BCUT2D eigenvalue weighted by atomic mass is 16.7. The number of imidazole rings is 1. The van der Waals surface area contributed by atoms with Gasteiger partial charge in [-0.05, 0) is 46.1 Å². The fourth-order valence-electron chi connectivity index (χ4n) is 3.05. The summed E-state index contributed by atoms with van der Waals surface area (Å²) in [6.07, 6.45) is 3.98. The zero-order chi connectivity index (χ0) is 17.8. The number of rotatable bonds is 2. The molecule has 0 amide bonds. The summed E-state index contributed by atoms with van der Waals surface area (Å²) in [7, 11) is -0.373. The van der Waals surface area contributed by atoms with Crippen molar-refractivity contribution >= 4 is 18.2 Å². The van der Waals surface area contributed by atoms with Crippen LogP contribution in [0.25, 0.3) is 16.9 Å². The molecule has 0 spiro atoms. The Hall–Kier alpha value is -2.11. The van der Waals surface area contributed by atoms with Gasteiger partial charge in [0, 0.05) is 11.8 Å². The quantitative estimate of drug-likeness (QED) is 0.672. The number of benzene rings is 1. The van der Waals surface area contributed by atoms with E-state index in [4.69, 9.17) is 9.31 Å². The third kappa shape index (κ3) is 2.68. The van der Waals surface area contributed by atoms with Gasteiger partial charge >= 0.3 is 7.12 Å². The van der Waals surface area contributed by atoms with E-state index in [1.54, 1.807) is 0 Å². The Kier molecular flexibility index (Phi) is 3.57. The molecule has 5 heteroatoms. The summed E-state index contributed by atoms with van der Waals surface area (Å²) in [5, 5.41) is 0. The first-order valence-electron chi connectivity index (χ1n) is 8.66. The monoisotopic (exact) mass is 334 g/mol. The zero-order valence-electron chi connectivity index (χ0n) is 15.4. The SMILES string of the molecule is Cc1ccc(-c2cnc3ccc(B4OC(C)(C)C(C)(C)O4)cn23)cc1. The molecule has 4 nitrogen and oxygen atoms in total. The third-order valence-electron chi connectivity index (χ3n) is 5.40. The summed E-state index contributed by atoms with van der Waals surface area (Å²) in [6.45, 7) is 10.4. The summed E-state index contributed by atoms with van der Waals surface area (Å²) >= 11 is 0. The van der Waals surface area contributed by atoms with Gasteiger partial charge in [0.15, 0.2) is 0 Å². The normalized spacial score (nSPS) is 18.8. The molecule has 0 aliphatic carbocycles. The third-order valence-corrected chi connectivity index (χ3v) is 5.40. The Bertz CT molecular complexity index is 913. The van der Waals surface area contributed by atoms with Crippen LogP contribution >= 0.6 is 0 Å². The minimum atomic E-state index is -0.373. The summed E-state index contributed by atoms with van der Waals surface area (Å²) in [5.41, 5.74) is 4.67. The van der Waals surface area contributed by atoms with Crippen LogP contribution in [-0.2, 0) is 9.31 Å². The van der Waals surface area contributed by atoms with Gasteiger partial charge in [0.1, 0.15) is 5.65 Å². The number of aromatic nitrogens is 2. The molecule has 1 fully saturated rings. The van der Waals surface area contributed by atoms with E-state index in [2.05, 4.69) is 74.5 Å². The van der Waals surface area contributed by atoms with Gasteiger partial charge in [0.25, 0.3) is 0 Å². The first kappa shape index (κ1) is 16.4. The van der Waals surface area contributed by atoms with E-state index >= 15 is 0 Å². The number of aryl methyl sites for hydroxylation is 1. The van der Waals surface area contributed by atoms with Crippen molar-refractivity contribution in [2.45, 2.75) is 45.8 Å². The molecule has 0 N–H and O–H groups in total. The van der Waals surface area contributed by atoms with Crippen LogP contribution in [-0.4, -0.2) is 27.7 Å². The molecule has 3 heterocycles. The topological polar surface area (TPSA) is 35.8 Å². The van der Waals surface area contributed by atoms with Gasteiger partial charge in [-0.25, -0.2) is 4.98 Å². The average Bonchev–Trinajstić information content (AvgIpc) is 3.06. The smallest absolute Gasteiger partial charge is 0.399 e. The molecule has 25 heavy (non-hydrogen) atoms. The molecule has 1 aliphatic rings. The fraction of sp³-hybridized carbons (Fsp3) is 0.350. The van der Waals surface area contributed by atoms with Crippen LogP contribution in [0.2, 0.25) is 0 Å². The Labute approximate surface area is 148 Å². The molecule has 128 valence electrons. The van der Waals surface area contributed by atoms with Crippen molar-refractivity contribution < 1.29 is 9.31 Å². The molecule has 0 atom stereocenters. The van der Waals surface area contributed by atoms with Crippen LogP contribution in [0, 0.1) is 6.92 Å². The second-order valence-electron chi connectivity index (χ2n) is 7.79. The summed E-state index contributed by atoms with van der Waals surface area (Å²) in [6, 6.07) is 12.5. The number of hydrogen-bond acceptors (Lipinski definition) is 3. The molecule has 3 aromatic rings. The summed E-state index contributed by atoms with van der Waals surface area (Å²) in [4.78, 5) is 4.52. The summed E-state index contributed by atoms with van der Waals surface area (Å²) in [5.74, 6) is 0. The highest BCUT2D eigenvalue weighted by Gasteiger charge is 2.51. The molecular weight excluding hydrogens is 311 g/mol. The van der Waals surface area contributed by atoms with Crippen molar-refractivity contribution in [2.75, 3.05) is 0 Å². The largest absolute Gasteiger partial charge is 0.496 e. The first-order chi connectivity index (χ1) is 11.8. The van der Waals surface area contributed by atoms with Crippen LogP contribution in [0.5, 0.6) is 0 Å². The Morgan fingerprint density at radius 3 is 2.20 bits per heavy atom. The van der Waals surface area contributed by atoms with Gasteiger partial charge < -0.3 is 13.7 Å². The highest BCUT2D eigenvalue weighted by Crippen LogP contribution is 2.36. The number of nitrogens with zero attached hydrogens (tertiary/aromatic N) is 2. The Morgan fingerprint density at radius 1 is 0.920 bits per heavy atom. The second kappa shape index (κ2) is 5.45. The zero-order valence-corrected chi connectivity index (χ0v) is 15.4. The minimum Gasteiger partial charge on any atom is -0.399 e. The van der Waals surface area contributed by atoms with Crippen molar-refractivity contribution in [3.63, 3.8) is 0 Å². The summed E-state index contributed by atoms with van der Waals surface area (Å²) < 4.78 is 14.5. The predicted molar refractivity (Wildman–Crippen MR) is 101 cm³/mol. The Balaban J connectivity index is 1.76. The van der Waals surface area contributed by atoms with Crippen LogP contribution in [0.3, 0.4) is 0 Å². The molecule has 0 saturated carbocycles. The van der Waals surface area contributed by atoms with Crippen molar-refractivity contribution in [3.05, 3.63) is 54.4 Å². The maximum absolute atomic E-state index is 6.18. The second-order valence-corrected chi connectivity index (χ2v) is 7.79. The minimum absolute atomic E-state index is 0.346. The standard InChI is InChI=1S/C20H23BN2O2/c1-14-6-8-15(9-7-14)17-12-22-18-11-10-16(13-23(17)18)21-24-19(2,3)20(4,5)25-21/h6-13H,1-5H3. The van der Waals surface area contributed by atoms with Crippen LogP contribution < -0.4 is 5.46 Å². The predicted octanol–water partition coefficient (Wildman–Crippen LogP) is 3.61. The average molecular weight is 334 g/mol. The van der Waals surface area contributed by atoms with E-state index in [1.165, 1.54) is 5.56 Å². The molecule has 0 radical (unpaired) electrons. The van der Waals surface area contributed by atoms with Gasteiger partial charge in [-0.15, -0.1) is 0 Å². The molecule has 0 bridgehead atoms. The molecule has 1 saturated heterocycles. The number of fused-ring (bicyclic) bond motifs is 1. The van der Waals surface area contributed by atoms with E-state index in [0.717, 1.165) is 22.4 Å². The van der Waals surface area contributed by atoms with Crippen molar-refractivity contribution in [3.8, 4) is 11.3 Å². The van der Waals surface area contributed by atoms with Crippen molar-refractivity contribution in [1.82, 2.24) is 9.38 Å². The van der Waals surface area contributed by atoms with E-state index in [0.29, 0.717) is 0 Å². The van der Waals surface area contributed by atoms with Gasteiger partial charge in [-0.1, -0.05) is 35.9 Å². The Morgan fingerprint density at radius 2 is 1.56 bits per heavy atom. The van der Waals surface area contributed by atoms with Crippen molar-refractivity contribution in [1.29, 1.82) is 0 Å². The van der Waals surface area contributed by atoms with E-state index < -0.39 is 0 Å². The lowest BCUT2D eigenvalue weighted by molar-refractivity contribution is 0.00578. The fourth-order valence-corrected chi connectivity index (χ4v) is 3.05. The molecule has 4 rings (SSSR count). The maximum atomic E-state index is 6.18. The van der Waals surface area contributed by atoms with Crippen LogP contribution in [0.4, 0.5) is 0 Å². The lowest BCUT2D eigenvalue weighted by Gasteiger charge is -2.32. The van der Waals surface area contributed by atoms with E-state index in [-0.39, 0.29) is 18.3 Å². The molecule has 1 aliphatic heterocycles. The van der Waals surface area contributed by atoms with Gasteiger partial charge in [0.05, 0.1) is 23.1 Å². The van der Waals surface area contributed by atoms with Gasteiger partial charge in [0.2, 0.25) is 0 Å².